The maximum absolute atomic E-state index is 14.0. The molecule has 1 saturated carbocycles. The number of benzene rings is 1. The van der Waals surface area contributed by atoms with Crippen LogP contribution in [0.5, 0.6) is 0 Å². The summed E-state index contributed by atoms with van der Waals surface area (Å²) in [5, 5.41) is 3.25. The fourth-order valence-electron chi connectivity index (χ4n) is 5.04. The van der Waals surface area contributed by atoms with Crippen LogP contribution in [0.1, 0.15) is 54.3 Å². The number of halogens is 2. The number of amides is 2. The van der Waals surface area contributed by atoms with Gasteiger partial charge in [0.15, 0.2) is 5.82 Å². The van der Waals surface area contributed by atoms with Crippen LogP contribution in [-0.4, -0.2) is 45.5 Å². The van der Waals surface area contributed by atoms with E-state index in [-0.39, 0.29) is 11.4 Å². The molecule has 1 aromatic carbocycles. The maximum Gasteiger partial charge on any atom is 0.412 e. The average Bonchev–Trinajstić information content (AvgIpc) is 3.49. The van der Waals surface area contributed by atoms with Crippen molar-refractivity contribution in [2.45, 2.75) is 50.7 Å². The lowest BCUT2D eigenvalue weighted by Gasteiger charge is -2.44. The summed E-state index contributed by atoms with van der Waals surface area (Å²) in [4.78, 5) is 36.5. The van der Waals surface area contributed by atoms with Gasteiger partial charge in [0, 0.05) is 37.0 Å². The number of rotatable bonds is 3. The number of piperidine rings is 1. The van der Waals surface area contributed by atoms with Crippen molar-refractivity contribution in [3.63, 3.8) is 0 Å². The second kappa shape index (κ2) is 7.77. The second-order valence-electron chi connectivity index (χ2n) is 9.68. The number of carbonyl (C=O) groups excluding carboxylic acids is 2. The SMILES string of the molecule is Cc1oc2ncnc(N(I)C3(C)CC3)c2c1C(=O)N1CCC2(CC1)OC(=O)Nc1ccc(F)cc12. The smallest absolute Gasteiger partial charge is 0.412 e. The van der Waals surface area contributed by atoms with E-state index in [1.807, 2.05) is 0 Å². The quantitative estimate of drug-likeness (QED) is 0.335. The van der Waals surface area contributed by atoms with Crippen molar-refractivity contribution >= 4 is 57.5 Å². The normalized spacial score (nSPS) is 19.8. The maximum atomic E-state index is 14.0. The summed E-state index contributed by atoms with van der Waals surface area (Å²) in [6, 6.07) is 4.25. The van der Waals surface area contributed by atoms with Crippen molar-refractivity contribution in [2.24, 2.45) is 0 Å². The highest BCUT2D eigenvalue weighted by Crippen LogP contribution is 2.48. The molecule has 4 heterocycles. The standard InChI is InChI=1S/C24H23FIN5O4/c1-13-17(18-19(27-12-28-20(18)34-13)31(26)23(2)5-6-23)21(32)30-9-7-24(8-10-30)15-11-14(25)3-4-16(15)29-22(33)35-24/h3-4,11-12H,5-10H2,1-2H3,(H,29,33). The average molecular weight is 591 g/mol. The van der Waals surface area contributed by atoms with Gasteiger partial charge >= 0.3 is 6.09 Å². The number of anilines is 2. The van der Waals surface area contributed by atoms with Gasteiger partial charge in [-0.2, -0.15) is 0 Å². The van der Waals surface area contributed by atoms with Gasteiger partial charge in [-0.05, 0) is 44.9 Å². The van der Waals surface area contributed by atoms with Crippen LogP contribution in [-0.2, 0) is 10.3 Å². The number of hydrogen-bond acceptors (Lipinski definition) is 7. The van der Waals surface area contributed by atoms with Crippen molar-refractivity contribution in [1.29, 1.82) is 0 Å². The molecule has 0 radical (unpaired) electrons. The third-order valence-electron chi connectivity index (χ3n) is 7.35. The van der Waals surface area contributed by atoms with Crippen LogP contribution in [0.3, 0.4) is 0 Å². The number of aromatic nitrogens is 2. The molecule has 1 aliphatic carbocycles. The summed E-state index contributed by atoms with van der Waals surface area (Å²) >= 11 is 2.25. The van der Waals surface area contributed by atoms with Gasteiger partial charge in [0.25, 0.3) is 5.91 Å². The number of ether oxygens (including phenoxy) is 1. The Morgan fingerprint density at radius 2 is 1.97 bits per heavy atom. The van der Waals surface area contributed by atoms with Crippen molar-refractivity contribution in [3.8, 4) is 0 Å². The van der Waals surface area contributed by atoms with Crippen molar-refractivity contribution in [2.75, 3.05) is 21.5 Å². The number of likely N-dealkylation sites (tertiary alicyclic amines) is 1. The molecular formula is C24H23FIN5O4. The Morgan fingerprint density at radius 3 is 2.69 bits per heavy atom. The zero-order valence-electron chi connectivity index (χ0n) is 19.2. The molecule has 2 aromatic heterocycles. The lowest BCUT2D eigenvalue weighted by Crippen LogP contribution is -2.49. The second-order valence-corrected chi connectivity index (χ2v) is 10.6. The van der Waals surface area contributed by atoms with E-state index >= 15 is 0 Å². The first-order chi connectivity index (χ1) is 16.7. The summed E-state index contributed by atoms with van der Waals surface area (Å²) in [5.74, 6) is 0.569. The molecule has 3 aliphatic rings. The Morgan fingerprint density at radius 1 is 1.23 bits per heavy atom. The summed E-state index contributed by atoms with van der Waals surface area (Å²) in [7, 11) is 0. The first kappa shape index (κ1) is 22.5. The van der Waals surface area contributed by atoms with E-state index in [0.717, 1.165) is 12.8 Å². The Hall–Kier alpha value is -2.96. The minimum absolute atomic E-state index is 0.00754. The summed E-state index contributed by atoms with van der Waals surface area (Å²) < 4.78 is 27.7. The summed E-state index contributed by atoms with van der Waals surface area (Å²) in [5.41, 5.74) is 0.988. The zero-order chi connectivity index (χ0) is 24.5. The molecule has 2 fully saturated rings. The van der Waals surface area contributed by atoms with Crippen LogP contribution in [0.25, 0.3) is 11.1 Å². The zero-order valence-corrected chi connectivity index (χ0v) is 21.4. The molecule has 1 saturated heterocycles. The first-order valence-electron chi connectivity index (χ1n) is 11.5. The molecule has 0 unspecified atom stereocenters. The molecule has 11 heteroatoms. The van der Waals surface area contributed by atoms with Crippen LogP contribution in [0.15, 0.2) is 28.9 Å². The van der Waals surface area contributed by atoms with Gasteiger partial charge in [-0.1, -0.05) is 0 Å². The summed E-state index contributed by atoms with van der Waals surface area (Å²) in [6.45, 7) is 4.59. The van der Waals surface area contributed by atoms with E-state index in [2.05, 4.69) is 48.2 Å². The molecule has 182 valence electrons. The molecule has 9 nitrogen and oxygen atoms in total. The monoisotopic (exact) mass is 591 g/mol. The minimum Gasteiger partial charge on any atom is -0.442 e. The van der Waals surface area contributed by atoms with Gasteiger partial charge in [-0.25, -0.2) is 19.2 Å². The van der Waals surface area contributed by atoms with Crippen LogP contribution in [0.2, 0.25) is 0 Å². The highest BCUT2D eigenvalue weighted by Gasteiger charge is 2.47. The topological polar surface area (TPSA) is 101 Å². The van der Waals surface area contributed by atoms with Gasteiger partial charge in [-0.3, -0.25) is 13.2 Å². The fourth-order valence-corrected chi connectivity index (χ4v) is 5.89. The van der Waals surface area contributed by atoms with Crippen molar-refractivity contribution in [1.82, 2.24) is 14.9 Å². The molecule has 0 bridgehead atoms. The lowest BCUT2D eigenvalue weighted by atomic mass is 9.82. The predicted molar refractivity (Wildman–Crippen MR) is 134 cm³/mol. The van der Waals surface area contributed by atoms with E-state index in [1.54, 1.807) is 17.9 Å². The Labute approximate surface area is 214 Å². The number of carbonyl (C=O) groups is 2. The Balaban J connectivity index is 1.32. The minimum atomic E-state index is -0.974. The Bertz CT molecular complexity index is 1380. The van der Waals surface area contributed by atoms with E-state index in [0.29, 0.717) is 65.4 Å². The highest BCUT2D eigenvalue weighted by molar-refractivity contribution is 14.1. The first-order valence-corrected chi connectivity index (χ1v) is 12.5. The fraction of sp³-hybridized carbons (Fsp3) is 0.417. The number of nitrogens with one attached hydrogen (secondary N) is 1. The van der Waals surface area contributed by atoms with E-state index in [1.165, 1.54) is 18.5 Å². The molecule has 2 aliphatic heterocycles. The van der Waals surface area contributed by atoms with Gasteiger partial charge in [-0.15, -0.1) is 0 Å². The molecule has 1 spiro atoms. The molecule has 6 rings (SSSR count). The number of aryl methyl sites for hydroxylation is 1. The van der Waals surface area contributed by atoms with E-state index < -0.39 is 17.5 Å². The predicted octanol–water partition coefficient (Wildman–Crippen LogP) is 5.07. The highest BCUT2D eigenvalue weighted by atomic mass is 127. The van der Waals surface area contributed by atoms with Crippen molar-refractivity contribution in [3.05, 3.63) is 47.2 Å². The number of nitrogens with zero attached hydrogens (tertiary/aromatic N) is 4. The van der Waals surface area contributed by atoms with Crippen LogP contribution in [0, 0.1) is 12.7 Å². The third-order valence-corrected chi connectivity index (χ3v) is 8.97. The van der Waals surface area contributed by atoms with Crippen LogP contribution >= 0.6 is 22.9 Å². The Kier molecular flexibility index (Phi) is 5.00. The summed E-state index contributed by atoms with van der Waals surface area (Å²) in [6.07, 6.45) is 3.70. The van der Waals surface area contributed by atoms with Gasteiger partial charge in [0.2, 0.25) is 5.71 Å². The number of hydrogen-bond donors (Lipinski definition) is 1. The van der Waals surface area contributed by atoms with Crippen LogP contribution < -0.4 is 8.43 Å². The molecule has 2 amide bonds. The number of fused-ring (bicyclic) bond motifs is 3. The van der Waals surface area contributed by atoms with Gasteiger partial charge in [0.1, 0.15) is 23.5 Å². The largest absolute Gasteiger partial charge is 0.442 e. The molecule has 3 aromatic rings. The van der Waals surface area contributed by atoms with Crippen LogP contribution in [0.4, 0.5) is 20.7 Å². The van der Waals surface area contributed by atoms with E-state index in [4.69, 9.17) is 9.15 Å². The molecular weight excluding hydrogens is 568 g/mol. The number of furan rings is 1. The molecule has 35 heavy (non-hydrogen) atoms. The van der Waals surface area contributed by atoms with E-state index in [9.17, 15) is 14.0 Å². The van der Waals surface area contributed by atoms with Crippen molar-refractivity contribution < 1.29 is 23.1 Å². The van der Waals surface area contributed by atoms with Gasteiger partial charge in [0.05, 0.1) is 39.5 Å². The lowest BCUT2D eigenvalue weighted by molar-refractivity contribution is -0.0333. The van der Waals surface area contributed by atoms with Gasteiger partial charge < -0.3 is 14.1 Å². The molecule has 1 N–H and O–H groups in total. The molecule has 0 atom stereocenters. The third kappa shape index (κ3) is 3.54.